The van der Waals surface area contributed by atoms with Gasteiger partial charge in [-0.3, -0.25) is 0 Å². The molecule has 0 aliphatic heterocycles. The molecule has 0 aliphatic rings. The van der Waals surface area contributed by atoms with E-state index in [0.717, 1.165) is 33.1 Å². The summed E-state index contributed by atoms with van der Waals surface area (Å²) < 4.78 is 6.59. The zero-order valence-electron chi connectivity index (χ0n) is 23.4. The molecule has 0 amide bonds. The molecule has 1 heterocycles. The van der Waals surface area contributed by atoms with Gasteiger partial charge in [-0.25, -0.2) is 0 Å². The van der Waals surface area contributed by atoms with Crippen LogP contribution in [-0.4, -0.2) is 0 Å². The van der Waals surface area contributed by atoms with Crippen LogP contribution < -0.4 is 0 Å². The van der Waals surface area contributed by atoms with Crippen LogP contribution in [0.15, 0.2) is 162 Å². The largest absolute Gasteiger partial charge is 0.455 e. The fourth-order valence-corrected chi connectivity index (χ4v) is 6.90. The summed E-state index contributed by atoms with van der Waals surface area (Å²) in [4.78, 5) is 0. The van der Waals surface area contributed by atoms with Crippen LogP contribution in [0.3, 0.4) is 0 Å². The van der Waals surface area contributed by atoms with Gasteiger partial charge in [-0.2, -0.15) is 0 Å². The van der Waals surface area contributed by atoms with Crippen LogP contribution in [0.2, 0.25) is 0 Å². The van der Waals surface area contributed by atoms with E-state index in [1.54, 1.807) is 0 Å². The van der Waals surface area contributed by atoms with Crippen molar-refractivity contribution in [2.45, 2.75) is 0 Å². The van der Waals surface area contributed by atoms with Crippen LogP contribution in [0.25, 0.3) is 87.6 Å². The summed E-state index contributed by atoms with van der Waals surface area (Å²) in [5.41, 5.74) is 9.04. The molecule has 43 heavy (non-hydrogen) atoms. The average Bonchev–Trinajstić information content (AvgIpc) is 3.45. The number of fused-ring (bicyclic) bond motifs is 6. The van der Waals surface area contributed by atoms with Gasteiger partial charge in [0.05, 0.1) is 0 Å². The first-order valence-electron chi connectivity index (χ1n) is 14.8. The van der Waals surface area contributed by atoms with Gasteiger partial charge in [0.25, 0.3) is 0 Å². The standard InChI is InChI=1S/C42H26O/c1-2-13-28(14-3-1)40-33-17-6-8-19-35(33)41(36-20-9-7-18-34(36)40)31-25-37(30-23-22-27-12-4-5-15-29(27)24-30)42-38(26-31)32-16-10-11-21-39(32)43-42/h1-26H. The Morgan fingerprint density at radius 2 is 0.884 bits per heavy atom. The maximum atomic E-state index is 6.59. The molecule has 0 bridgehead atoms. The molecule has 1 heteroatoms. The van der Waals surface area contributed by atoms with Crippen molar-refractivity contribution in [2.24, 2.45) is 0 Å². The van der Waals surface area contributed by atoms with E-state index in [-0.39, 0.29) is 0 Å². The highest BCUT2D eigenvalue weighted by atomic mass is 16.3. The van der Waals surface area contributed by atoms with Crippen LogP contribution in [0.4, 0.5) is 0 Å². The van der Waals surface area contributed by atoms with Gasteiger partial charge in [-0.15, -0.1) is 0 Å². The Labute approximate surface area is 249 Å². The van der Waals surface area contributed by atoms with Crippen molar-refractivity contribution in [1.29, 1.82) is 0 Å². The van der Waals surface area contributed by atoms with Crippen molar-refractivity contribution >= 4 is 54.3 Å². The predicted octanol–water partition coefficient (Wildman–Crippen LogP) is 12.0. The van der Waals surface area contributed by atoms with Crippen molar-refractivity contribution in [2.75, 3.05) is 0 Å². The van der Waals surface area contributed by atoms with E-state index in [9.17, 15) is 0 Å². The molecule has 9 aromatic rings. The van der Waals surface area contributed by atoms with Gasteiger partial charge in [0.15, 0.2) is 0 Å². The van der Waals surface area contributed by atoms with Crippen LogP contribution in [0, 0.1) is 0 Å². The number of rotatable bonds is 3. The Bertz CT molecular complexity index is 2440. The quantitative estimate of drug-likeness (QED) is 0.201. The predicted molar refractivity (Wildman–Crippen MR) is 183 cm³/mol. The molecule has 0 saturated carbocycles. The van der Waals surface area contributed by atoms with E-state index in [1.165, 1.54) is 54.6 Å². The summed E-state index contributed by atoms with van der Waals surface area (Å²) in [5.74, 6) is 0. The monoisotopic (exact) mass is 546 g/mol. The number of hydrogen-bond donors (Lipinski definition) is 0. The van der Waals surface area contributed by atoms with Crippen molar-refractivity contribution in [1.82, 2.24) is 0 Å². The third kappa shape index (κ3) is 3.72. The van der Waals surface area contributed by atoms with Crippen molar-refractivity contribution < 1.29 is 4.42 Å². The van der Waals surface area contributed by atoms with Crippen molar-refractivity contribution in [3.63, 3.8) is 0 Å². The smallest absolute Gasteiger partial charge is 0.143 e. The Hall–Kier alpha value is -5.66. The van der Waals surface area contributed by atoms with Crippen molar-refractivity contribution in [3.05, 3.63) is 158 Å². The lowest BCUT2D eigenvalue weighted by Crippen LogP contribution is -1.91. The van der Waals surface area contributed by atoms with Gasteiger partial charge < -0.3 is 4.42 Å². The molecular weight excluding hydrogens is 520 g/mol. The minimum absolute atomic E-state index is 0.908. The molecule has 0 N–H and O–H groups in total. The third-order valence-electron chi connectivity index (χ3n) is 8.82. The number of benzene rings is 8. The maximum absolute atomic E-state index is 6.59. The number of furan rings is 1. The van der Waals surface area contributed by atoms with Gasteiger partial charge in [-0.05, 0) is 84.4 Å². The average molecular weight is 547 g/mol. The first kappa shape index (κ1) is 24.0. The van der Waals surface area contributed by atoms with Gasteiger partial charge in [0, 0.05) is 16.3 Å². The molecule has 0 aliphatic carbocycles. The van der Waals surface area contributed by atoms with E-state index in [1.807, 2.05) is 6.07 Å². The molecule has 1 aromatic heterocycles. The zero-order chi connectivity index (χ0) is 28.3. The summed E-state index contributed by atoms with van der Waals surface area (Å²) >= 11 is 0. The normalized spacial score (nSPS) is 11.7. The summed E-state index contributed by atoms with van der Waals surface area (Å²) in [6.07, 6.45) is 0. The molecule has 0 radical (unpaired) electrons. The fourth-order valence-electron chi connectivity index (χ4n) is 6.90. The Balaban J connectivity index is 1.43. The molecule has 9 rings (SSSR count). The number of hydrogen-bond acceptors (Lipinski definition) is 1. The lowest BCUT2D eigenvalue weighted by molar-refractivity contribution is 0.670. The second-order valence-corrected chi connectivity index (χ2v) is 11.3. The lowest BCUT2D eigenvalue weighted by atomic mass is 9.85. The van der Waals surface area contributed by atoms with Gasteiger partial charge >= 0.3 is 0 Å². The molecule has 1 nitrogen and oxygen atoms in total. The minimum Gasteiger partial charge on any atom is -0.455 e. The van der Waals surface area contributed by atoms with Crippen LogP contribution >= 0.6 is 0 Å². The molecule has 200 valence electrons. The molecule has 0 saturated heterocycles. The highest BCUT2D eigenvalue weighted by molar-refractivity contribution is 6.23. The SMILES string of the molecule is c1ccc(-c2c3ccccc3c(-c3cc(-c4ccc5ccccc5c4)c4oc5ccccc5c4c3)c3ccccc23)cc1. The van der Waals surface area contributed by atoms with Gasteiger partial charge in [-0.1, -0.05) is 133 Å². The molecule has 0 spiro atoms. The van der Waals surface area contributed by atoms with Crippen molar-refractivity contribution in [3.8, 4) is 33.4 Å². The molecule has 0 atom stereocenters. The topological polar surface area (TPSA) is 13.1 Å². The lowest BCUT2D eigenvalue weighted by Gasteiger charge is -2.18. The second kappa shape index (κ2) is 9.44. The maximum Gasteiger partial charge on any atom is 0.143 e. The highest BCUT2D eigenvalue weighted by Crippen LogP contribution is 2.46. The van der Waals surface area contributed by atoms with E-state index >= 15 is 0 Å². The number of para-hydroxylation sites is 1. The van der Waals surface area contributed by atoms with Crippen LogP contribution in [0.5, 0.6) is 0 Å². The first-order valence-corrected chi connectivity index (χ1v) is 14.8. The van der Waals surface area contributed by atoms with Gasteiger partial charge in [0.1, 0.15) is 11.2 Å². The molecule has 0 unspecified atom stereocenters. The third-order valence-corrected chi connectivity index (χ3v) is 8.82. The van der Waals surface area contributed by atoms with Crippen LogP contribution in [-0.2, 0) is 0 Å². The highest BCUT2D eigenvalue weighted by Gasteiger charge is 2.20. The van der Waals surface area contributed by atoms with E-state index < -0.39 is 0 Å². The summed E-state index contributed by atoms with van der Waals surface area (Å²) in [6.45, 7) is 0. The molecule has 0 fully saturated rings. The summed E-state index contributed by atoms with van der Waals surface area (Å²) in [7, 11) is 0. The van der Waals surface area contributed by atoms with Crippen LogP contribution in [0.1, 0.15) is 0 Å². The van der Waals surface area contributed by atoms with E-state index in [0.29, 0.717) is 0 Å². The zero-order valence-corrected chi connectivity index (χ0v) is 23.4. The molecule has 8 aromatic carbocycles. The van der Waals surface area contributed by atoms with E-state index in [2.05, 4.69) is 152 Å². The first-order chi connectivity index (χ1) is 21.3. The fraction of sp³-hybridized carbons (Fsp3) is 0. The van der Waals surface area contributed by atoms with E-state index in [4.69, 9.17) is 4.42 Å². The summed E-state index contributed by atoms with van der Waals surface area (Å²) in [5, 5.41) is 9.73. The summed E-state index contributed by atoms with van der Waals surface area (Å²) in [6, 6.07) is 56.8. The minimum atomic E-state index is 0.908. The molecular formula is C42H26O. The Morgan fingerprint density at radius 1 is 0.326 bits per heavy atom. The second-order valence-electron chi connectivity index (χ2n) is 11.3. The Kier molecular flexibility index (Phi) is 5.27. The van der Waals surface area contributed by atoms with Gasteiger partial charge in [0.2, 0.25) is 0 Å². The Morgan fingerprint density at radius 3 is 1.58 bits per heavy atom.